The molecule has 1 aliphatic heterocycles. The van der Waals surface area contributed by atoms with Crippen molar-refractivity contribution in [1.29, 1.82) is 0 Å². The molecule has 1 unspecified atom stereocenters. The van der Waals surface area contributed by atoms with E-state index >= 15 is 0 Å². The van der Waals surface area contributed by atoms with Crippen molar-refractivity contribution < 1.29 is 9.90 Å². The molecule has 2 aliphatic rings. The molecule has 2 N–H and O–H groups in total. The summed E-state index contributed by atoms with van der Waals surface area (Å²) >= 11 is 0. The molecule has 0 spiro atoms. The van der Waals surface area contributed by atoms with Crippen molar-refractivity contribution in [2.24, 2.45) is 17.3 Å². The van der Waals surface area contributed by atoms with Crippen LogP contribution in [-0.4, -0.2) is 24.2 Å². The van der Waals surface area contributed by atoms with E-state index < -0.39 is 5.97 Å². The first-order valence-electron chi connectivity index (χ1n) is 4.58. The fourth-order valence-corrected chi connectivity index (χ4v) is 2.42. The number of hydrogen-bond donors (Lipinski definition) is 2. The highest BCUT2D eigenvalue weighted by Crippen LogP contribution is 2.58. The van der Waals surface area contributed by atoms with Gasteiger partial charge in [-0.2, -0.15) is 0 Å². The lowest BCUT2D eigenvalue weighted by molar-refractivity contribution is -0.139. The van der Waals surface area contributed by atoms with Crippen molar-refractivity contribution in [3.8, 4) is 0 Å². The molecule has 12 heavy (non-hydrogen) atoms. The molecule has 2 rings (SSSR count). The number of hydrogen-bond acceptors (Lipinski definition) is 2. The molecular weight excluding hydrogens is 154 g/mol. The molecule has 68 valence electrons. The van der Waals surface area contributed by atoms with Gasteiger partial charge in [-0.05, 0) is 37.3 Å². The number of carboxylic acids is 1. The Morgan fingerprint density at radius 1 is 1.67 bits per heavy atom. The topological polar surface area (TPSA) is 49.3 Å². The zero-order chi connectivity index (χ0) is 8.77. The van der Waals surface area contributed by atoms with Crippen LogP contribution in [0.4, 0.5) is 0 Å². The number of aliphatic carboxylic acids is 1. The molecule has 1 saturated carbocycles. The Morgan fingerprint density at radius 3 is 2.83 bits per heavy atom. The van der Waals surface area contributed by atoms with Crippen LogP contribution in [0.2, 0.25) is 0 Å². The second kappa shape index (κ2) is 2.46. The van der Waals surface area contributed by atoms with Crippen LogP contribution < -0.4 is 5.32 Å². The van der Waals surface area contributed by atoms with Crippen molar-refractivity contribution in [2.75, 3.05) is 13.1 Å². The first-order valence-corrected chi connectivity index (χ1v) is 4.58. The fourth-order valence-electron chi connectivity index (χ4n) is 2.42. The second-order valence-electron chi connectivity index (χ2n) is 4.29. The van der Waals surface area contributed by atoms with Gasteiger partial charge in [-0.3, -0.25) is 4.79 Å². The van der Waals surface area contributed by atoms with Gasteiger partial charge >= 0.3 is 5.97 Å². The van der Waals surface area contributed by atoms with Gasteiger partial charge in [0, 0.05) is 0 Å². The number of carbonyl (C=O) groups is 1. The molecule has 1 heterocycles. The third kappa shape index (κ3) is 1.04. The quantitative estimate of drug-likeness (QED) is 0.640. The van der Waals surface area contributed by atoms with Crippen LogP contribution >= 0.6 is 0 Å². The summed E-state index contributed by atoms with van der Waals surface area (Å²) in [5, 5.41) is 12.1. The molecule has 1 saturated heterocycles. The predicted octanol–water partition coefficient (Wildman–Crippen LogP) is 0.707. The van der Waals surface area contributed by atoms with Gasteiger partial charge in [-0.25, -0.2) is 0 Å². The van der Waals surface area contributed by atoms with Crippen LogP contribution in [0.3, 0.4) is 0 Å². The van der Waals surface area contributed by atoms with E-state index in [1.54, 1.807) is 0 Å². The third-order valence-corrected chi connectivity index (χ3v) is 3.57. The normalized spacial score (nSPS) is 46.1. The van der Waals surface area contributed by atoms with E-state index in [1.165, 1.54) is 0 Å². The molecule has 1 aliphatic carbocycles. The van der Waals surface area contributed by atoms with Crippen LogP contribution in [-0.2, 0) is 4.79 Å². The van der Waals surface area contributed by atoms with Crippen molar-refractivity contribution in [3.63, 3.8) is 0 Å². The lowest BCUT2D eigenvalue weighted by atomic mass is 9.88. The summed E-state index contributed by atoms with van der Waals surface area (Å²) in [5.41, 5.74) is 0.106. The molecule has 2 fully saturated rings. The SMILES string of the molecule is C[C@]1(C2CCNC2)C[C@@H]1C(=O)O. The monoisotopic (exact) mass is 169 g/mol. The zero-order valence-corrected chi connectivity index (χ0v) is 7.34. The summed E-state index contributed by atoms with van der Waals surface area (Å²) < 4.78 is 0. The maximum absolute atomic E-state index is 10.7. The molecule has 3 heteroatoms. The highest BCUT2D eigenvalue weighted by atomic mass is 16.4. The molecule has 0 aromatic rings. The van der Waals surface area contributed by atoms with Gasteiger partial charge in [0.1, 0.15) is 0 Å². The largest absolute Gasteiger partial charge is 0.481 e. The van der Waals surface area contributed by atoms with E-state index in [-0.39, 0.29) is 11.3 Å². The lowest BCUT2D eigenvalue weighted by Crippen LogP contribution is -2.20. The van der Waals surface area contributed by atoms with Gasteiger partial charge in [-0.1, -0.05) is 6.92 Å². The summed E-state index contributed by atoms with van der Waals surface area (Å²) in [6.45, 7) is 4.19. The van der Waals surface area contributed by atoms with Gasteiger partial charge < -0.3 is 10.4 Å². The summed E-state index contributed by atoms with van der Waals surface area (Å²) in [7, 11) is 0. The van der Waals surface area contributed by atoms with Crippen molar-refractivity contribution in [1.82, 2.24) is 5.32 Å². The predicted molar refractivity (Wildman–Crippen MR) is 44.8 cm³/mol. The molecule has 3 atom stereocenters. The second-order valence-corrected chi connectivity index (χ2v) is 4.29. The molecule has 0 radical (unpaired) electrons. The molecule has 0 bridgehead atoms. The maximum Gasteiger partial charge on any atom is 0.307 e. The van der Waals surface area contributed by atoms with Gasteiger partial charge in [0.2, 0.25) is 0 Å². The first-order chi connectivity index (χ1) is 5.64. The first kappa shape index (κ1) is 8.05. The Bertz CT molecular complexity index is 211. The Hall–Kier alpha value is -0.570. The van der Waals surface area contributed by atoms with E-state index in [1.807, 2.05) is 0 Å². The van der Waals surface area contributed by atoms with E-state index in [0.29, 0.717) is 5.92 Å². The Kier molecular flexibility index (Phi) is 1.65. The average molecular weight is 169 g/mol. The average Bonchev–Trinajstić information content (AvgIpc) is 2.52. The van der Waals surface area contributed by atoms with E-state index in [2.05, 4.69) is 12.2 Å². The summed E-state index contributed by atoms with van der Waals surface area (Å²) in [6.07, 6.45) is 2.04. The van der Waals surface area contributed by atoms with Gasteiger partial charge in [-0.15, -0.1) is 0 Å². The molecular formula is C9H15NO2. The number of rotatable bonds is 2. The van der Waals surface area contributed by atoms with Crippen molar-refractivity contribution in [3.05, 3.63) is 0 Å². The zero-order valence-electron chi connectivity index (χ0n) is 7.34. The standard InChI is InChI=1S/C9H15NO2/c1-9(4-7(9)8(11)12)6-2-3-10-5-6/h6-7,10H,2-5H2,1H3,(H,11,12)/t6?,7-,9-/m1/s1. The molecule has 0 aromatic heterocycles. The Morgan fingerprint density at radius 2 is 2.42 bits per heavy atom. The Balaban J connectivity index is 2.00. The van der Waals surface area contributed by atoms with E-state index in [9.17, 15) is 4.79 Å². The summed E-state index contributed by atoms with van der Waals surface area (Å²) in [4.78, 5) is 10.7. The minimum atomic E-state index is -0.607. The van der Waals surface area contributed by atoms with Crippen molar-refractivity contribution >= 4 is 5.97 Å². The lowest BCUT2D eigenvalue weighted by Gasteiger charge is -2.16. The summed E-state index contributed by atoms with van der Waals surface area (Å²) in [5.74, 6) is -0.0783. The minimum absolute atomic E-state index is 0.0672. The van der Waals surface area contributed by atoms with Gasteiger partial charge in [0.15, 0.2) is 0 Å². The van der Waals surface area contributed by atoms with E-state index in [4.69, 9.17) is 5.11 Å². The highest BCUT2D eigenvalue weighted by Gasteiger charge is 2.59. The Labute approximate surface area is 72.2 Å². The molecule has 0 aromatic carbocycles. The molecule has 3 nitrogen and oxygen atoms in total. The summed E-state index contributed by atoms with van der Waals surface area (Å²) in [6, 6.07) is 0. The van der Waals surface area contributed by atoms with Crippen LogP contribution in [0.1, 0.15) is 19.8 Å². The van der Waals surface area contributed by atoms with Gasteiger partial charge in [0.25, 0.3) is 0 Å². The minimum Gasteiger partial charge on any atom is -0.481 e. The smallest absolute Gasteiger partial charge is 0.307 e. The van der Waals surface area contributed by atoms with Gasteiger partial charge in [0.05, 0.1) is 5.92 Å². The number of carboxylic acid groups (broad SMARTS) is 1. The molecule has 0 amide bonds. The van der Waals surface area contributed by atoms with Crippen LogP contribution in [0.5, 0.6) is 0 Å². The van der Waals surface area contributed by atoms with E-state index in [0.717, 1.165) is 25.9 Å². The van der Waals surface area contributed by atoms with Crippen LogP contribution in [0.15, 0.2) is 0 Å². The number of nitrogens with one attached hydrogen (secondary N) is 1. The van der Waals surface area contributed by atoms with Crippen LogP contribution in [0, 0.1) is 17.3 Å². The highest BCUT2D eigenvalue weighted by molar-refractivity contribution is 5.74. The third-order valence-electron chi connectivity index (χ3n) is 3.57. The van der Waals surface area contributed by atoms with Crippen LogP contribution in [0.25, 0.3) is 0 Å². The maximum atomic E-state index is 10.7. The fraction of sp³-hybridized carbons (Fsp3) is 0.889. The van der Waals surface area contributed by atoms with Crippen molar-refractivity contribution in [2.45, 2.75) is 19.8 Å².